The minimum atomic E-state index is -0.247. The van der Waals surface area contributed by atoms with E-state index < -0.39 is 0 Å². The van der Waals surface area contributed by atoms with Gasteiger partial charge in [-0.05, 0) is 34.4 Å². The van der Waals surface area contributed by atoms with E-state index in [0.717, 1.165) is 0 Å². The van der Waals surface area contributed by atoms with Crippen LogP contribution in [0.3, 0.4) is 0 Å². The second-order valence-electron chi connectivity index (χ2n) is 8.77. The van der Waals surface area contributed by atoms with Crippen molar-refractivity contribution in [2.24, 2.45) is 0 Å². The zero-order chi connectivity index (χ0) is 22.4. The van der Waals surface area contributed by atoms with Crippen LogP contribution in [0.2, 0.25) is 0 Å². The van der Waals surface area contributed by atoms with E-state index in [1.807, 2.05) is 30.3 Å². The van der Waals surface area contributed by atoms with E-state index in [0.29, 0.717) is 12.1 Å². The van der Waals surface area contributed by atoms with Crippen molar-refractivity contribution in [2.45, 2.75) is 25.2 Å². The molecule has 0 radical (unpaired) electrons. The summed E-state index contributed by atoms with van der Waals surface area (Å²) in [5.41, 5.74) is 5.46. The Morgan fingerprint density at radius 2 is 1.16 bits per heavy atom. The molecule has 0 atom stereocenters. The van der Waals surface area contributed by atoms with Gasteiger partial charge in [-0.15, -0.1) is 0 Å². The molecule has 0 saturated heterocycles. The Labute approximate surface area is 191 Å². The molecule has 0 heterocycles. The van der Waals surface area contributed by atoms with E-state index in [4.69, 9.17) is 0 Å². The first-order valence-corrected chi connectivity index (χ1v) is 11.1. The first-order valence-electron chi connectivity index (χ1n) is 11.1. The number of carbonyl (C=O) groups excluding carboxylic acids is 1. The van der Waals surface area contributed by atoms with E-state index in [2.05, 4.69) is 104 Å². The van der Waals surface area contributed by atoms with Crippen molar-refractivity contribution >= 4 is 5.91 Å². The van der Waals surface area contributed by atoms with Crippen molar-refractivity contribution < 1.29 is 4.79 Å². The Bertz CT molecular complexity index is 1110. The normalized spacial score (nSPS) is 11.3. The van der Waals surface area contributed by atoms with Gasteiger partial charge in [-0.25, -0.2) is 0 Å². The first-order chi connectivity index (χ1) is 15.6. The number of amides is 1. The van der Waals surface area contributed by atoms with Gasteiger partial charge in [0.1, 0.15) is 0 Å². The number of benzene rings is 4. The maximum atomic E-state index is 12.7. The number of carbonyl (C=O) groups is 1. The molecule has 2 nitrogen and oxygen atoms in total. The van der Waals surface area contributed by atoms with Crippen LogP contribution in [0.15, 0.2) is 115 Å². The van der Waals surface area contributed by atoms with Gasteiger partial charge in [0, 0.05) is 23.4 Å². The van der Waals surface area contributed by atoms with Crippen molar-refractivity contribution in [2.75, 3.05) is 6.54 Å². The van der Waals surface area contributed by atoms with E-state index >= 15 is 0 Å². The molecule has 4 rings (SSSR count). The van der Waals surface area contributed by atoms with Crippen LogP contribution < -0.4 is 5.32 Å². The molecule has 0 aliphatic rings. The lowest BCUT2D eigenvalue weighted by Crippen LogP contribution is -2.37. The summed E-state index contributed by atoms with van der Waals surface area (Å²) < 4.78 is 0. The Morgan fingerprint density at radius 3 is 1.72 bits per heavy atom. The van der Waals surface area contributed by atoms with Crippen molar-refractivity contribution in [1.82, 2.24) is 5.32 Å². The van der Waals surface area contributed by atoms with Crippen molar-refractivity contribution in [3.63, 3.8) is 0 Å². The van der Waals surface area contributed by atoms with E-state index in [-0.39, 0.29) is 17.2 Å². The molecular weight excluding hydrogens is 390 g/mol. The molecule has 0 aromatic heterocycles. The fourth-order valence-corrected chi connectivity index (χ4v) is 4.30. The van der Waals surface area contributed by atoms with Gasteiger partial charge in [-0.3, -0.25) is 4.79 Å². The number of hydrogen-bond acceptors (Lipinski definition) is 1. The van der Waals surface area contributed by atoms with Gasteiger partial charge in [0.2, 0.25) is 0 Å². The van der Waals surface area contributed by atoms with Crippen molar-refractivity contribution in [1.29, 1.82) is 0 Å². The second-order valence-corrected chi connectivity index (χ2v) is 8.77. The predicted octanol–water partition coefficient (Wildman–Crippen LogP) is 6.57. The van der Waals surface area contributed by atoms with Crippen LogP contribution in [-0.4, -0.2) is 12.5 Å². The highest BCUT2D eigenvalue weighted by Crippen LogP contribution is 2.38. The van der Waals surface area contributed by atoms with Crippen LogP contribution in [0, 0.1) is 0 Å². The summed E-state index contributed by atoms with van der Waals surface area (Å²) in [4.78, 5) is 12.7. The third-order valence-electron chi connectivity index (χ3n) is 5.99. The summed E-state index contributed by atoms with van der Waals surface area (Å²) in [5, 5.41) is 3.14. The number of rotatable bonds is 7. The van der Waals surface area contributed by atoms with Gasteiger partial charge < -0.3 is 5.32 Å². The van der Waals surface area contributed by atoms with Crippen LogP contribution in [0.25, 0.3) is 0 Å². The SMILES string of the molecule is CC(C)(CNC(=O)c1ccccc1)c1ccccc1C(c1ccccc1)c1ccccc1. The van der Waals surface area contributed by atoms with Crippen LogP contribution in [0.1, 0.15) is 52.4 Å². The minimum absolute atomic E-state index is 0.0428. The molecule has 0 bridgehead atoms. The fourth-order valence-electron chi connectivity index (χ4n) is 4.30. The lowest BCUT2D eigenvalue weighted by atomic mass is 9.75. The third-order valence-corrected chi connectivity index (χ3v) is 5.99. The Morgan fingerprint density at radius 1 is 0.688 bits per heavy atom. The molecule has 0 saturated carbocycles. The molecule has 4 aromatic rings. The third kappa shape index (κ3) is 4.81. The lowest BCUT2D eigenvalue weighted by Gasteiger charge is -2.31. The van der Waals surface area contributed by atoms with E-state index in [9.17, 15) is 4.79 Å². The summed E-state index contributed by atoms with van der Waals surface area (Å²) >= 11 is 0. The van der Waals surface area contributed by atoms with Gasteiger partial charge in [0.25, 0.3) is 5.91 Å². The zero-order valence-electron chi connectivity index (χ0n) is 18.7. The van der Waals surface area contributed by atoms with E-state index in [1.165, 1.54) is 22.3 Å². The summed E-state index contributed by atoms with van der Waals surface area (Å²) in [6, 6.07) is 39.3. The van der Waals surface area contributed by atoms with Gasteiger partial charge >= 0.3 is 0 Å². The Kier molecular flexibility index (Phi) is 6.51. The topological polar surface area (TPSA) is 29.1 Å². The highest BCUT2D eigenvalue weighted by molar-refractivity contribution is 5.94. The average Bonchev–Trinajstić information content (AvgIpc) is 2.85. The molecule has 0 aliphatic heterocycles. The summed E-state index contributed by atoms with van der Waals surface area (Å²) in [5.74, 6) is 0.0801. The molecule has 0 fully saturated rings. The van der Waals surface area contributed by atoms with Crippen LogP contribution in [-0.2, 0) is 5.41 Å². The molecule has 0 spiro atoms. The first kappa shape index (κ1) is 21.6. The summed E-state index contributed by atoms with van der Waals surface area (Å²) in [7, 11) is 0. The summed E-state index contributed by atoms with van der Waals surface area (Å²) in [6.45, 7) is 4.95. The maximum Gasteiger partial charge on any atom is 0.251 e. The smallest absolute Gasteiger partial charge is 0.251 e. The van der Waals surface area contributed by atoms with Crippen LogP contribution in [0.4, 0.5) is 0 Å². The van der Waals surface area contributed by atoms with E-state index in [1.54, 1.807) is 0 Å². The predicted molar refractivity (Wildman–Crippen MR) is 132 cm³/mol. The standard InChI is InChI=1S/C30H29NO/c1-30(2,22-31-29(32)25-18-10-5-11-19-25)27-21-13-12-20-26(27)28(23-14-6-3-7-15-23)24-16-8-4-9-17-24/h3-21,28H,22H2,1-2H3,(H,31,32). The molecule has 160 valence electrons. The van der Waals surface area contributed by atoms with Crippen molar-refractivity contribution in [3.8, 4) is 0 Å². The number of nitrogens with one attached hydrogen (secondary N) is 1. The minimum Gasteiger partial charge on any atom is -0.351 e. The van der Waals surface area contributed by atoms with Crippen LogP contribution in [0.5, 0.6) is 0 Å². The zero-order valence-corrected chi connectivity index (χ0v) is 18.7. The van der Waals surface area contributed by atoms with Gasteiger partial charge in [-0.1, -0.05) is 117 Å². The molecule has 0 unspecified atom stereocenters. The van der Waals surface area contributed by atoms with Gasteiger partial charge in [-0.2, -0.15) is 0 Å². The molecule has 1 N–H and O–H groups in total. The second kappa shape index (κ2) is 9.65. The quantitative estimate of drug-likeness (QED) is 0.337. The Hall–Kier alpha value is -3.65. The molecule has 32 heavy (non-hydrogen) atoms. The van der Waals surface area contributed by atoms with Crippen molar-refractivity contribution in [3.05, 3.63) is 143 Å². The average molecular weight is 420 g/mol. The largest absolute Gasteiger partial charge is 0.351 e. The Balaban J connectivity index is 1.69. The maximum absolute atomic E-state index is 12.7. The highest BCUT2D eigenvalue weighted by atomic mass is 16.1. The molecule has 4 aromatic carbocycles. The fraction of sp³-hybridized carbons (Fsp3) is 0.167. The molecule has 0 aliphatic carbocycles. The number of hydrogen-bond donors (Lipinski definition) is 1. The van der Waals surface area contributed by atoms with Gasteiger partial charge in [0.15, 0.2) is 0 Å². The highest BCUT2D eigenvalue weighted by Gasteiger charge is 2.28. The van der Waals surface area contributed by atoms with Crippen LogP contribution >= 0.6 is 0 Å². The molecular formula is C30H29NO. The van der Waals surface area contributed by atoms with Gasteiger partial charge in [0.05, 0.1) is 0 Å². The molecule has 2 heteroatoms. The lowest BCUT2D eigenvalue weighted by molar-refractivity contribution is 0.0945. The molecule has 1 amide bonds. The summed E-state index contributed by atoms with van der Waals surface area (Å²) in [6.07, 6.45) is 0. The monoisotopic (exact) mass is 419 g/mol.